The van der Waals surface area contributed by atoms with Gasteiger partial charge in [0.15, 0.2) is 0 Å². The maximum Gasteiger partial charge on any atom is 0.244 e. The summed E-state index contributed by atoms with van der Waals surface area (Å²) in [5.74, 6) is -0.615. The molecule has 1 saturated heterocycles. The molecule has 1 amide bonds. The highest BCUT2D eigenvalue weighted by atomic mass is 16.5. The van der Waals surface area contributed by atoms with Gasteiger partial charge >= 0.3 is 0 Å². The molecule has 2 aliphatic rings. The molecule has 8 atom stereocenters. The van der Waals surface area contributed by atoms with Gasteiger partial charge in [0.2, 0.25) is 5.91 Å². The average Bonchev–Trinajstić information content (AvgIpc) is 3.17. The van der Waals surface area contributed by atoms with Crippen LogP contribution in [0.4, 0.5) is 0 Å². The zero-order chi connectivity index (χ0) is 25.8. The second-order valence-corrected chi connectivity index (χ2v) is 9.16. The van der Waals surface area contributed by atoms with Crippen LogP contribution in [-0.2, 0) is 9.53 Å². The van der Waals surface area contributed by atoms with E-state index in [1.807, 2.05) is 32.1 Å². The van der Waals surface area contributed by atoms with Crippen molar-refractivity contribution in [1.29, 1.82) is 0 Å². The van der Waals surface area contributed by atoms with Crippen LogP contribution in [0.5, 0.6) is 0 Å². The van der Waals surface area contributed by atoms with Gasteiger partial charge in [0.05, 0.1) is 24.4 Å². The van der Waals surface area contributed by atoms with Crippen LogP contribution in [0.1, 0.15) is 33.6 Å². The number of nitrogens with one attached hydrogen (secondary N) is 1. The fraction of sp³-hybridized carbons (Fsp3) is 0.464. The molecule has 35 heavy (non-hydrogen) atoms. The summed E-state index contributed by atoms with van der Waals surface area (Å²) < 4.78 is 5.80. The fourth-order valence-electron chi connectivity index (χ4n) is 3.83. The Bertz CT molecular complexity index is 884. The first kappa shape index (κ1) is 28.7. The van der Waals surface area contributed by atoms with Crippen molar-refractivity contribution in [3.63, 3.8) is 0 Å². The number of hydrogen-bond donors (Lipinski definition) is 5. The lowest BCUT2D eigenvalue weighted by molar-refractivity contribution is -0.117. The lowest BCUT2D eigenvalue weighted by atomic mass is 9.94. The van der Waals surface area contributed by atoms with Crippen molar-refractivity contribution >= 4 is 5.91 Å². The Morgan fingerprint density at radius 2 is 1.51 bits per heavy atom. The van der Waals surface area contributed by atoms with Crippen molar-refractivity contribution in [3.8, 4) is 0 Å². The van der Waals surface area contributed by atoms with E-state index in [4.69, 9.17) is 4.74 Å². The Labute approximate surface area is 208 Å². The van der Waals surface area contributed by atoms with Crippen LogP contribution >= 0.6 is 0 Å². The second kappa shape index (κ2) is 14.8. The van der Waals surface area contributed by atoms with Crippen molar-refractivity contribution in [2.45, 2.75) is 76.3 Å². The molecule has 0 aliphatic carbocycles. The highest BCUT2D eigenvalue weighted by Crippen LogP contribution is 2.27. The largest absolute Gasteiger partial charge is 0.390 e. The topological polar surface area (TPSA) is 119 Å². The number of rotatable bonds is 0. The number of amides is 1. The number of carbonyl (C=O) groups excluding carboxylic acids is 1. The molecule has 0 aromatic heterocycles. The van der Waals surface area contributed by atoms with Crippen LogP contribution in [0.3, 0.4) is 0 Å². The first-order chi connectivity index (χ1) is 16.7. The molecule has 1 fully saturated rings. The van der Waals surface area contributed by atoms with Gasteiger partial charge in [-0.2, -0.15) is 0 Å². The van der Waals surface area contributed by atoms with E-state index in [-0.39, 0.29) is 24.3 Å². The number of aliphatic hydroxyl groups excluding tert-OH is 4. The number of carbonyl (C=O) groups is 1. The smallest absolute Gasteiger partial charge is 0.244 e. The van der Waals surface area contributed by atoms with Crippen LogP contribution < -0.4 is 5.32 Å². The molecule has 2 aliphatic heterocycles. The Morgan fingerprint density at radius 1 is 0.829 bits per heavy atom. The minimum absolute atomic E-state index is 0.206. The molecule has 2 rings (SSSR count). The summed E-state index contributed by atoms with van der Waals surface area (Å²) in [6, 6.07) is -0.206. The Morgan fingerprint density at radius 3 is 2.29 bits per heavy atom. The molecule has 0 spiro atoms. The summed E-state index contributed by atoms with van der Waals surface area (Å²) in [4.78, 5) is 12.0. The van der Waals surface area contributed by atoms with Crippen LogP contribution in [0.15, 0.2) is 84.6 Å². The van der Waals surface area contributed by atoms with Gasteiger partial charge in [-0.1, -0.05) is 85.4 Å². The molecule has 7 heteroatoms. The van der Waals surface area contributed by atoms with E-state index in [1.54, 1.807) is 61.6 Å². The van der Waals surface area contributed by atoms with Gasteiger partial charge in [-0.15, -0.1) is 0 Å². The SMILES string of the molecule is CC1=C/C=C\[C@@H]2O[C@@H](C[C@H]2O)[C@H](O)[C@H](O)[C@@H](C)\C=C/C=C\C=C/C(=O)N[C@@H](C)C[C@@H](O)/C=C/C=C\1. The van der Waals surface area contributed by atoms with E-state index in [0.717, 1.165) is 5.57 Å². The molecule has 0 aromatic carbocycles. The molecule has 0 aromatic rings. The fourth-order valence-corrected chi connectivity index (χ4v) is 3.83. The molecule has 192 valence electrons. The third-order valence-corrected chi connectivity index (χ3v) is 5.90. The highest BCUT2D eigenvalue weighted by Gasteiger charge is 2.39. The number of fused-ring (bicyclic) bond motifs is 2. The van der Waals surface area contributed by atoms with Gasteiger partial charge in [0.25, 0.3) is 0 Å². The van der Waals surface area contributed by atoms with Gasteiger partial charge in [0, 0.05) is 24.5 Å². The third kappa shape index (κ3) is 10.3. The van der Waals surface area contributed by atoms with Gasteiger partial charge in [-0.25, -0.2) is 0 Å². The summed E-state index contributed by atoms with van der Waals surface area (Å²) in [6.45, 7) is 5.53. The summed E-state index contributed by atoms with van der Waals surface area (Å²) in [7, 11) is 0. The van der Waals surface area contributed by atoms with Crippen molar-refractivity contribution in [3.05, 3.63) is 84.6 Å². The third-order valence-electron chi connectivity index (χ3n) is 5.90. The van der Waals surface area contributed by atoms with Gasteiger partial charge < -0.3 is 30.5 Å². The lowest BCUT2D eigenvalue weighted by Gasteiger charge is -2.26. The van der Waals surface area contributed by atoms with Crippen molar-refractivity contribution in [1.82, 2.24) is 5.32 Å². The van der Waals surface area contributed by atoms with Crippen molar-refractivity contribution in [2.24, 2.45) is 5.92 Å². The predicted octanol–water partition coefficient (Wildman–Crippen LogP) is 2.42. The molecule has 0 radical (unpaired) electrons. The summed E-state index contributed by atoms with van der Waals surface area (Å²) in [5, 5.41) is 44.4. The predicted molar refractivity (Wildman–Crippen MR) is 137 cm³/mol. The number of aliphatic hydroxyl groups is 4. The molecule has 5 N–H and O–H groups in total. The van der Waals surface area contributed by atoms with Crippen LogP contribution in [-0.4, -0.2) is 69.0 Å². The summed E-state index contributed by atoms with van der Waals surface area (Å²) >= 11 is 0. The van der Waals surface area contributed by atoms with Gasteiger partial charge in [-0.05, 0) is 20.3 Å². The van der Waals surface area contributed by atoms with Crippen LogP contribution in [0, 0.1) is 5.92 Å². The lowest BCUT2D eigenvalue weighted by Crippen LogP contribution is -2.40. The monoisotopic (exact) mass is 485 g/mol. The Kier molecular flexibility index (Phi) is 12.1. The average molecular weight is 486 g/mol. The van der Waals surface area contributed by atoms with E-state index < -0.39 is 36.6 Å². The van der Waals surface area contributed by atoms with E-state index in [9.17, 15) is 25.2 Å². The second-order valence-electron chi connectivity index (χ2n) is 9.16. The molecule has 0 unspecified atom stereocenters. The summed E-state index contributed by atoms with van der Waals surface area (Å²) in [6.07, 6.45) is 18.1. The quantitative estimate of drug-likeness (QED) is 0.360. The van der Waals surface area contributed by atoms with E-state index >= 15 is 0 Å². The van der Waals surface area contributed by atoms with Crippen molar-refractivity contribution in [2.75, 3.05) is 0 Å². The van der Waals surface area contributed by atoms with Crippen LogP contribution in [0.2, 0.25) is 0 Å². The number of ether oxygens (including phenoxy) is 1. The molecule has 2 bridgehead atoms. The molecule has 2 heterocycles. The first-order valence-corrected chi connectivity index (χ1v) is 12.1. The van der Waals surface area contributed by atoms with Gasteiger partial charge in [0.1, 0.15) is 12.2 Å². The Hall–Kier alpha value is -2.55. The zero-order valence-corrected chi connectivity index (χ0v) is 20.6. The maximum atomic E-state index is 12.0. The molecule has 7 nitrogen and oxygen atoms in total. The first-order valence-electron chi connectivity index (χ1n) is 12.1. The normalized spacial score (nSPS) is 42.8. The maximum absolute atomic E-state index is 12.0. The zero-order valence-electron chi connectivity index (χ0n) is 20.6. The molecular formula is C28H39NO6. The summed E-state index contributed by atoms with van der Waals surface area (Å²) in [5.41, 5.74) is 0.951. The van der Waals surface area contributed by atoms with E-state index in [2.05, 4.69) is 5.32 Å². The van der Waals surface area contributed by atoms with E-state index in [0.29, 0.717) is 6.42 Å². The molecule has 0 saturated carbocycles. The van der Waals surface area contributed by atoms with Crippen molar-refractivity contribution < 1.29 is 30.0 Å². The Balaban J connectivity index is 2.16. The molecular weight excluding hydrogens is 446 g/mol. The van der Waals surface area contributed by atoms with E-state index in [1.165, 1.54) is 6.08 Å². The number of allylic oxidation sites excluding steroid dienone is 10. The highest BCUT2D eigenvalue weighted by molar-refractivity contribution is 5.87. The standard InChI is InChI=1S/C28H39NO6/c1-19-11-8-9-14-22(30)17-21(3)29-26(32)16-7-5-4-6-13-20(2)27(33)28(34)25-18-23(31)24(35-25)15-10-12-19/h4-16,20-25,27-28,30-31,33-34H,17-18H2,1-3H3,(H,29,32)/b5-4-,11-8-,13-6-,14-9+,15-10-,16-7-,19-12-/t20-,21-,22-,23+,24-,25-,27+,28-/m0/s1. The van der Waals surface area contributed by atoms with Gasteiger partial charge in [-0.3, -0.25) is 4.79 Å². The van der Waals surface area contributed by atoms with Crippen LogP contribution in [0.25, 0.3) is 0 Å². The minimum Gasteiger partial charge on any atom is -0.390 e. The number of hydrogen-bond acceptors (Lipinski definition) is 6. The minimum atomic E-state index is -1.14.